The lowest BCUT2D eigenvalue weighted by Crippen LogP contribution is -2.28. The van der Waals surface area contributed by atoms with Crippen LogP contribution in [0.3, 0.4) is 0 Å². The molecule has 1 rings (SSSR count). The number of hydrogen-bond donors (Lipinski definition) is 2. The molecule has 0 aromatic carbocycles. The van der Waals surface area contributed by atoms with Crippen molar-refractivity contribution in [2.75, 3.05) is 25.0 Å². The predicted octanol–water partition coefficient (Wildman–Crippen LogP) is 0.0548. The van der Waals surface area contributed by atoms with Gasteiger partial charge in [-0.25, -0.2) is 0 Å². The number of alkyl halides is 1. The molecule has 3 unspecified atom stereocenters. The zero-order chi connectivity index (χ0) is 9.14. The summed E-state index contributed by atoms with van der Waals surface area (Å²) in [6, 6.07) is 0. The van der Waals surface area contributed by atoms with E-state index in [1.165, 1.54) is 0 Å². The van der Waals surface area contributed by atoms with Gasteiger partial charge in [-0.15, -0.1) is 0 Å². The topological polar surface area (TPSA) is 43.7 Å². The van der Waals surface area contributed by atoms with Crippen molar-refractivity contribution in [3.8, 4) is 0 Å². The van der Waals surface area contributed by atoms with Crippen LogP contribution in [0.25, 0.3) is 0 Å². The molecule has 2 N–H and O–H groups in total. The summed E-state index contributed by atoms with van der Waals surface area (Å²) in [6.45, 7) is 4.31. The summed E-state index contributed by atoms with van der Waals surface area (Å²) in [7, 11) is 0. The maximum absolute atomic E-state index is 9.25. The molecule has 0 spiro atoms. The highest BCUT2D eigenvalue weighted by molar-refractivity contribution is 9.09. The first-order valence-electron chi connectivity index (χ1n) is 4.28. The predicted molar refractivity (Wildman–Crippen MR) is 51.4 cm³/mol. The molecule has 3 atom stereocenters. The Kier molecular flexibility index (Phi) is 3.96. The average molecular weight is 238 g/mol. The van der Waals surface area contributed by atoms with E-state index in [4.69, 9.17) is 0 Å². The molecule has 1 fully saturated rings. The second-order valence-electron chi connectivity index (χ2n) is 3.61. The summed E-state index contributed by atoms with van der Waals surface area (Å²) in [4.78, 5) is 2.10. The maximum Gasteiger partial charge on any atom is 0.0938 e. The third-order valence-electron chi connectivity index (χ3n) is 2.17. The van der Waals surface area contributed by atoms with Crippen molar-refractivity contribution in [2.45, 2.75) is 19.1 Å². The SMILES string of the molecule is CC(CBr)CN1CC(O)C(O)C1. The van der Waals surface area contributed by atoms with Crippen LogP contribution in [0.4, 0.5) is 0 Å². The first kappa shape index (κ1) is 10.4. The molecule has 1 aliphatic heterocycles. The van der Waals surface area contributed by atoms with Crippen LogP contribution in [-0.4, -0.2) is 52.3 Å². The van der Waals surface area contributed by atoms with Gasteiger partial charge in [0.15, 0.2) is 0 Å². The van der Waals surface area contributed by atoms with E-state index < -0.39 is 12.2 Å². The van der Waals surface area contributed by atoms with Gasteiger partial charge in [-0.3, -0.25) is 4.90 Å². The fourth-order valence-corrected chi connectivity index (χ4v) is 1.69. The van der Waals surface area contributed by atoms with Crippen LogP contribution in [0.5, 0.6) is 0 Å². The molecule has 0 aromatic rings. The van der Waals surface area contributed by atoms with E-state index in [1.807, 2.05) is 0 Å². The molecule has 12 heavy (non-hydrogen) atoms. The number of nitrogens with zero attached hydrogens (tertiary/aromatic N) is 1. The van der Waals surface area contributed by atoms with E-state index in [0.717, 1.165) is 11.9 Å². The molecule has 0 bridgehead atoms. The van der Waals surface area contributed by atoms with E-state index in [1.54, 1.807) is 0 Å². The monoisotopic (exact) mass is 237 g/mol. The molecule has 3 nitrogen and oxygen atoms in total. The van der Waals surface area contributed by atoms with E-state index in [-0.39, 0.29) is 0 Å². The number of halogens is 1. The lowest BCUT2D eigenvalue weighted by atomic mass is 10.2. The van der Waals surface area contributed by atoms with Crippen LogP contribution in [0, 0.1) is 5.92 Å². The first-order valence-corrected chi connectivity index (χ1v) is 5.40. The summed E-state index contributed by atoms with van der Waals surface area (Å²) in [5.41, 5.74) is 0. The third-order valence-corrected chi connectivity index (χ3v) is 3.27. The number of likely N-dealkylation sites (tertiary alicyclic amines) is 1. The van der Waals surface area contributed by atoms with Gasteiger partial charge >= 0.3 is 0 Å². The molecule has 0 amide bonds. The number of aliphatic hydroxyl groups excluding tert-OH is 2. The Hall–Kier alpha value is 0.360. The van der Waals surface area contributed by atoms with Crippen LogP contribution < -0.4 is 0 Å². The largest absolute Gasteiger partial charge is 0.389 e. The summed E-state index contributed by atoms with van der Waals surface area (Å²) < 4.78 is 0. The number of rotatable bonds is 3. The van der Waals surface area contributed by atoms with Gasteiger partial charge in [0.25, 0.3) is 0 Å². The standard InChI is InChI=1S/C8H16BrNO2/c1-6(2-9)3-10-4-7(11)8(12)5-10/h6-8,11-12H,2-5H2,1H3. The minimum atomic E-state index is -0.549. The van der Waals surface area contributed by atoms with Crippen molar-refractivity contribution in [3.05, 3.63) is 0 Å². The van der Waals surface area contributed by atoms with E-state index >= 15 is 0 Å². The first-order chi connectivity index (χ1) is 5.63. The quantitative estimate of drug-likeness (QED) is 0.683. The van der Waals surface area contributed by atoms with Crippen LogP contribution in [0.15, 0.2) is 0 Å². The molecular weight excluding hydrogens is 222 g/mol. The zero-order valence-electron chi connectivity index (χ0n) is 7.28. The molecule has 0 aromatic heterocycles. The summed E-state index contributed by atoms with van der Waals surface area (Å²) in [5, 5.41) is 19.5. The highest BCUT2D eigenvalue weighted by atomic mass is 79.9. The second kappa shape index (κ2) is 4.56. The second-order valence-corrected chi connectivity index (χ2v) is 4.26. The highest BCUT2D eigenvalue weighted by Gasteiger charge is 2.29. The van der Waals surface area contributed by atoms with Gasteiger partial charge in [-0.1, -0.05) is 22.9 Å². The molecule has 4 heteroatoms. The van der Waals surface area contributed by atoms with Gasteiger partial charge in [0.05, 0.1) is 12.2 Å². The number of β-amino-alcohol motifs (C(OH)–C–C–N with tert-alkyl or cyclic N) is 2. The van der Waals surface area contributed by atoms with Crippen molar-refractivity contribution in [1.82, 2.24) is 4.90 Å². The average Bonchev–Trinajstić information content (AvgIpc) is 2.31. The van der Waals surface area contributed by atoms with E-state index in [0.29, 0.717) is 19.0 Å². The molecule has 1 saturated heterocycles. The minimum absolute atomic E-state index is 0.549. The molecular formula is C8H16BrNO2. The van der Waals surface area contributed by atoms with Gasteiger partial charge in [0, 0.05) is 25.0 Å². The van der Waals surface area contributed by atoms with E-state index in [9.17, 15) is 10.2 Å². The number of aliphatic hydroxyl groups is 2. The van der Waals surface area contributed by atoms with Crippen molar-refractivity contribution in [2.24, 2.45) is 5.92 Å². The highest BCUT2D eigenvalue weighted by Crippen LogP contribution is 2.12. The zero-order valence-corrected chi connectivity index (χ0v) is 8.87. The van der Waals surface area contributed by atoms with E-state index in [2.05, 4.69) is 27.8 Å². The van der Waals surface area contributed by atoms with Gasteiger partial charge in [0.2, 0.25) is 0 Å². The Balaban J connectivity index is 2.27. The van der Waals surface area contributed by atoms with Crippen LogP contribution in [0.2, 0.25) is 0 Å². The van der Waals surface area contributed by atoms with Crippen LogP contribution in [-0.2, 0) is 0 Å². The molecule has 1 heterocycles. The number of hydrogen-bond acceptors (Lipinski definition) is 3. The Morgan fingerprint density at radius 1 is 1.42 bits per heavy atom. The molecule has 72 valence electrons. The van der Waals surface area contributed by atoms with Crippen molar-refractivity contribution in [1.29, 1.82) is 0 Å². The van der Waals surface area contributed by atoms with Crippen molar-refractivity contribution >= 4 is 15.9 Å². The molecule has 0 radical (unpaired) electrons. The summed E-state index contributed by atoms with van der Waals surface area (Å²) in [6.07, 6.45) is -1.10. The van der Waals surface area contributed by atoms with Crippen molar-refractivity contribution in [3.63, 3.8) is 0 Å². The summed E-state index contributed by atoms with van der Waals surface area (Å²) in [5.74, 6) is 0.572. The molecule has 0 saturated carbocycles. The molecule has 1 aliphatic rings. The summed E-state index contributed by atoms with van der Waals surface area (Å²) >= 11 is 3.40. The third kappa shape index (κ3) is 2.69. The fraction of sp³-hybridized carbons (Fsp3) is 1.00. The van der Waals surface area contributed by atoms with Gasteiger partial charge < -0.3 is 10.2 Å². The lowest BCUT2D eigenvalue weighted by molar-refractivity contribution is 0.0572. The minimum Gasteiger partial charge on any atom is -0.389 e. The molecule has 0 aliphatic carbocycles. The van der Waals surface area contributed by atoms with Gasteiger partial charge in [-0.05, 0) is 5.92 Å². The Morgan fingerprint density at radius 3 is 2.33 bits per heavy atom. The van der Waals surface area contributed by atoms with Gasteiger partial charge in [-0.2, -0.15) is 0 Å². The Morgan fingerprint density at radius 2 is 1.92 bits per heavy atom. The normalized spacial score (nSPS) is 34.0. The Labute approximate surface area is 81.5 Å². The van der Waals surface area contributed by atoms with Crippen molar-refractivity contribution < 1.29 is 10.2 Å². The smallest absolute Gasteiger partial charge is 0.0938 e. The fourth-order valence-electron chi connectivity index (χ4n) is 1.49. The van der Waals surface area contributed by atoms with Gasteiger partial charge in [0.1, 0.15) is 0 Å². The van der Waals surface area contributed by atoms with Crippen LogP contribution >= 0.6 is 15.9 Å². The maximum atomic E-state index is 9.25. The lowest BCUT2D eigenvalue weighted by Gasteiger charge is -2.18. The van der Waals surface area contributed by atoms with Crippen LogP contribution in [0.1, 0.15) is 6.92 Å². The Bertz CT molecular complexity index is 135.